The zero-order valence-electron chi connectivity index (χ0n) is 10.8. The molecule has 0 spiro atoms. The first-order chi connectivity index (χ1) is 8.26. The molecule has 3 N–H and O–H groups in total. The van der Waals surface area contributed by atoms with Gasteiger partial charge in [-0.1, -0.05) is 6.42 Å². The Hall–Kier alpha value is -0.610. The van der Waals surface area contributed by atoms with Crippen LogP contribution >= 0.6 is 0 Å². The molecule has 3 atom stereocenters. The second-order valence-electron chi connectivity index (χ2n) is 5.41. The van der Waals surface area contributed by atoms with Crippen molar-refractivity contribution in [2.24, 2.45) is 11.7 Å². The molecule has 3 unspecified atom stereocenters. The molecule has 2 rings (SSSR count). The molecule has 0 aromatic heterocycles. The molecule has 17 heavy (non-hydrogen) atoms. The number of carbonyl (C=O) groups is 1. The van der Waals surface area contributed by atoms with E-state index in [0.717, 1.165) is 12.5 Å². The van der Waals surface area contributed by atoms with Gasteiger partial charge in [0.25, 0.3) is 0 Å². The van der Waals surface area contributed by atoms with E-state index in [1.54, 1.807) is 7.05 Å². The standard InChI is InChI=1S/C13H25N3O/c1-15-13(17)8-11(9-14)16-7-3-5-10-4-2-6-12(10)16/h10-12H,2-9,14H2,1H3,(H,15,17). The fourth-order valence-corrected chi connectivity index (χ4v) is 3.60. The molecule has 1 aliphatic heterocycles. The summed E-state index contributed by atoms with van der Waals surface area (Å²) in [5.74, 6) is 0.975. The van der Waals surface area contributed by atoms with Crippen LogP contribution in [0.25, 0.3) is 0 Å². The molecule has 1 saturated carbocycles. The maximum atomic E-state index is 11.5. The Balaban J connectivity index is 1.99. The molecular formula is C13H25N3O. The predicted octanol–water partition coefficient (Wildman–Crippen LogP) is 0.714. The van der Waals surface area contributed by atoms with Crippen LogP contribution in [0, 0.1) is 5.92 Å². The normalized spacial score (nSPS) is 30.9. The van der Waals surface area contributed by atoms with Gasteiger partial charge in [-0.05, 0) is 38.1 Å². The molecule has 2 fully saturated rings. The number of rotatable bonds is 4. The second kappa shape index (κ2) is 5.83. The van der Waals surface area contributed by atoms with Gasteiger partial charge in [-0.3, -0.25) is 9.69 Å². The van der Waals surface area contributed by atoms with Gasteiger partial charge in [-0.25, -0.2) is 0 Å². The average molecular weight is 239 g/mol. The maximum Gasteiger partial charge on any atom is 0.221 e. The van der Waals surface area contributed by atoms with Crippen LogP contribution in [-0.2, 0) is 4.79 Å². The van der Waals surface area contributed by atoms with Crippen molar-refractivity contribution < 1.29 is 4.79 Å². The van der Waals surface area contributed by atoms with Crippen molar-refractivity contribution in [2.75, 3.05) is 20.1 Å². The Morgan fingerprint density at radius 3 is 2.88 bits per heavy atom. The number of likely N-dealkylation sites (tertiary alicyclic amines) is 1. The van der Waals surface area contributed by atoms with E-state index in [2.05, 4.69) is 10.2 Å². The Kier molecular flexibility index (Phi) is 4.40. The number of hydrogen-bond acceptors (Lipinski definition) is 3. The van der Waals surface area contributed by atoms with Gasteiger partial charge >= 0.3 is 0 Å². The first-order valence-electron chi connectivity index (χ1n) is 6.92. The minimum atomic E-state index is 0.112. The molecule has 0 aromatic carbocycles. The van der Waals surface area contributed by atoms with Gasteiger partial charge < -0.3 is 11.1 Å². The molecule has 1 saturated heterocycles. The van der Waals surface area contributed by atoms with E-state index < -0.39 is 0 Å². The Morgan fingerprint density at radius 2 is 2.18 bits per heavy atom. The van der Waals surface area contributed by atoms with Crippen molar-refractivity contribution in [1.29, 1.82) is 0 Å². The summed E-state index contributed by atoms with van der Waals surface area (Å²) >= 11 is 0. The molecule has 4 nitrogen and oxygen atoms in total. The number of nitrogens with zero attached hydrogens (tertiary/aromatic N) is 1. The fourth-order valence-electron chi connectivity index (χ4n) is 3.60. The van der Waals surface area contributed by atoms with Crippen molar-refractivity contribution in [3.63, 3.8) is 0 Å². The van der Waals surface area contributed by atoms with Crippen LogP contribution in [0.15, 0.2) is 0 Å². The Labute approximate surface area is 104 Å². The monoisotopic (exact) mass is 239 g/mol. The Bertz CT molecular complexity index is 269. The van der Waals surface area contributed by atoms with Crippen LogP contribution in [0.1, 0.15) is 38.5 Å². The fraction of sp³-hybridized carbons (Fsp3) is 0.923. The van der Waals surface area contributed by atoms with Gasteiger partial charge in [0.2, 0.25) is 5.91 Å². The zero-order valence-corrected chi connectivity index (χ0v) is 10.8. The van der Waals surface area contributed by atoms with E-state index in [-0.39, 0.29) is 11.9 Å². The number of piperidine rings is 1. The lowest BCUT2D eigenvalue weighted by molar-refractivity contribution is -0.122. The summed E-state index contributed by atoms with van der Waals surface area (Å²) in [6.07, 6.45) is 7.22. The predicted molar refractivity (Wildman–Crippen MR) is 68.6 cm³/mol. The molecule has 1 aliphatic carbocycles. The van der Waals surface area contributed by atoms with Crippen LogP contribution in [0.5, 0.6) is 0 Å². The number of amides is 1. The van der Waals surface area contributed by atoms with Crippen LogP contribution < -0.4 is 11.1 Å². The van der Waals surface area contributed by atoms with E-state index in [4.69, 9.17) is 5.73 Å². The van der Waals surface area contributed by atoms with E-state index in [1.165, 1.54) is 32.1 Å². The lowest BCUT2D eigenvalue weighted by Gasteiger charge is -2.42. The summed E-state index contributed by atoms with van der Waals surface area (Å²) in [5, 5.41) is 2.71. The lowest BCUT2D eigenvalue weighted by atomic mass is 9.90. The van der Waals surface area contributed by atoms with E-state index in [1.807, 2.05) is 0 Å². The highest BCUT2D eigenvalue weighted by molar-refractivity contribution is 5.76. The molecule has 2 aliphatic rings. The minimum Gasteiger partial charge on any atom is -0.359 e. The molecule has 1 heterocycles. The summed E-state index contributed by atoms with van der Waals surface area (Å²) in [6.45, 7) is 1.72. The van der Waals surface area contributed by atoms with Gasteiger partial charge in [0, 0.05) is 32.1 Å². The number of fused-ring (bicyclic) bond motifs is 1. The number of nitrogens with two attached hydrogens (primary N) is 1. The Morgan fingerprint density at radius 1 is 1.41 bits per heavy atom. The minimum absolute atomic E-state index is 0.112. The van der Waals surface area contributed by atoms with Crippen LogP contribution in [0.4, 0.5) is 0 Å². The number of hydrogen-bond donors (Lipinski definition) is 2. The second-order valence-corrected chi connectivity index (χ2v) is 5.41. The lowest BCUT2D eigenvalue weighted by Crippen LogP contribution is -2.52. The largest absolute Gasteiger partial charge is 0.359 e. The van der Waals surface area contributed by atoms with Gasteiger partial charge in [-0.15, -0.1) is 0 Å². The van der Waals surface area contributed by atoms with Crippen molar-refractivity contribution in [2.45, 2.75) is 50.6 Å². The highest BCUT2D eigenvalue weighted by Crippen LogP contribution is 2.37. The van der Waals surface area contributed by atoms with Gasteiger partial charge in [0.1, 0.15) is 0 Å². The van der Waals surface area contributed by atoms with Gasteiger partial charge in [0.05, 0.1) is 0 Å². The zero-order chi connectivity index (χ0) is 12.3. The van der Waals surface area contributed by atoms with E-state index >= 15 is 0 Å². The summed E-state index contributed by atoms with van der Waals surface area (Å²) in [4.78, 5) is 14.0. The molecule has 0 radical (unpaired) electrons. The maximum absolute atomic E-state index is 11.5. The average Bonchev–Trinajstić information content (AvgIpc) is 2.83. The summed E-state index contributed by atoms with van der Waals surface area (Å²) in [7, 11) is 1.70. The highest BCUT2D eigenvalue weighted by Gasteiger charge is 2.38. The first kappa shape index (κ1) is 12.8. The van der Waals surface area contributed by atoms with E-state index in [9.17, 15) is 4.79 Å². The molecule has 0 bridgehead atoms. The van der Waals surface area contributed by atoms with Crippen molar-refractivity contribution in [3.05, 3.63) is 0 Å². The summed E-state index contributed by atoms with van der Waals surface area (Å²) < 4.78 is 0. The molecule has 4 heteroatoms. The van der Waals surface area contributed by atoms with Gasteiger partial charge in [0.15, 0.2) is 0 Å². The van der Waals surface area contributed by atoms with Crippen LogP contribution in [-0.4, -0.2) is 43.0 Å². The molecule has 1 amide bonds. The molecule has 98 valence electrons. The van der Waals surface area contributed by atoms with Crippen molar-refractivity contribution >= 4 is 5.91 Å². The van der Waals surface area contributed by atoms with Crippen molar-refractivity contribution in [3.8, 4) is 0 Å². The quantitative estimate of drug-likeness (QED) is 0.760. The smallest absolute Gasteiger partial charge is 0.221 e. The summed E-state index contributed by atoms with van der Waals surface area (Å²) in [6, 6.07) is 0.933. The first-order valence-corrected chi connectivity index (χ1v) is 6.92. The van der Waals surface area contributed by atoms with Crippen molar-refractivity contribution in [1.82, 2.24) is 10.2 Å². The highest BCUT2D eigenvalue weighted by atomic mass is 16.1. The van der Waals surface area contributed by atoms with E-state index in [0.29, 0.717) is 19.0 Å². The third-order valence-electron chi connectivity index (χ3n) is 4.48. The third kappa shape index (κ3) is 2.80. The SMILES string of the molecule is CNC(=O)CC(CN)N1CCCC2CCCC21. The number of carbonyl (C=O) groups excluding carboxylic acids is 1. The summed E-state index contributed by atoms with van der Waals surface area (Å²) in [5.41, 5.74) is 5.87. The van der Waals surface area contributed by atoms with Gasteiger partial charge in [-0.2, -0.15) is 0 Å². The number of nitrogens with one attached hydrogen (secondary N) is 1. The molecule has 0 aromatic rings. The topological polar surface area (TPSA) is 58.4 Å². The molecular weight excluding hydrogens is 214 g/mol. The third-order valence-corrected chi connectivity index (χ3v) is 4.48. The van der Waals surface area contributed by atoms with Crippen LogP contribution in [0.3, 0.4) is 0 Å². The van der Waals surface area contributed by atoms with Crippen LogP contribution in [0.2, 0.25) is 0 Å².